The normalized spacial score (nSPS) is 40.2. The molecule has 0 heterocycles. The molecule has 2 unspecified atom stereocenters. The molecule has 2 rings (SSSR count). The largest absolute Gasteiger partial charge is 0.393 e. The summed E-state index contributed by atoms with van der Waals surface area (Å²) in [7, 11) is 0. The van der Waals surface area contributed by atoms with E-state index in [0.29, 0.717) is 25.5 Å². The van der Waals surface area contributed by atoms with Crippen LogP contribution < -0.4 is 11.1 Å². The Hall–Kier alpha value is -0.650. The maximum atomic E-state index is 12.3. The molecule has 2 fully saturated rings. The topological polar surface area (TPSA) is 84.6 Å². The van der Waals surface area contributed by atoms with E-state index in [2.05, 4.69) is 5.32 Å². The third-order valence-electron chi connectivity index (χ3n) is 5.00. The summed E-state index contributed by atoms with van der Waals surface area (Å²) in [6.45, 7) is 7.19. The van der Waals surface area contributed by atoms with Crippen molar-refractivity contribution in [3.8, 4) is 0 Å². The number of carbonyl (C=O) groups is 1. The molecular weight excluding hydrogens is 244 g/mol. The number of hydrogen-bond donors (Lipinski definition) is 3. The van der Waals surface area contributed by atoms with Crippen LogP contribution in [0.25, 0.3) is 0 Å². The Morgan fingerprint density at radius 3 is 2.58 bits per heavy atom. The number of aliphatic hydroxyl groups excluding tert-OH is 1. The van der Waals surface area contributed by atoms with Crippen molar-refractivity contribution >= 4 is 5.91 Å². The van der Waals surface area contributed by atoms with Crippen molar-refractivity contribution in [2.75, 3.05) is 13.2 Å². The number of aliphatic hydroxyl groups is 1. The zero-order valence-electron chi connectivity index (χ0n) is 12.1. The van der Waals surface area contributed by atoms with Crippen molar-refractivity contribution in [1.29, 1.82) is 0 Å². The monoisotopic (exact) mass is 270 g/mol. The standard InChI is InChI=1S/C14H26N2O3/c1-4-19-11-7-14(15,13(11,2)3)12(18)16-8-9-5-10(17)6-9/h9-11,17H,4-8,15H2,1-3H3,(H,16,18). The highest BCUT2D eigenvalue weighted by molar-refractivity contribution is 5.88. The van der Waals surface area contributed by atoms with Crippen LogP contribution in [0.3, 0.4) is 0 Å². The fourth-order valence-electron chi connectivity index (χ4n) is 3.08. The second-order valence-corrected chi connectivity index (χ2v) is 6.54. The van der Waals surface area contributed by atoms with Crippen molar-refractivity contribution in [3.63, 3.8) is 0 Å². The van der Waals surface area contributed by atoms with E-state index in [1.54, 1.807) is 0 Å². The molecule has 0 saturated heterocycles. The van der Waals surface area contributed by atoms with Crippen molar-refractivity contribution in [2.45, 2.75) is 57.8 Å². The first-order chi connectivity index (χ1) is 8.81. The average Bonchev–Trinajstić information content (AvgIpc) is 2.32. The van der Waals surface area contributed by atoms with Crippen LogP contribution in [0.4, 0.5) is 0 Å². The van der Waals surface area contributed by atoms with Gasteiger partial charge >= 0.3 is 0 Å². The van der Waals surface area contributed by atoms with Crippen LogP contribution in [0.1, 0.15) is 40.0 Å². The summed E-state index contributed by atoms with van der Waals surface area (Å²) in [5.41, 5.74) is 5.10. The molecule has 19 heavy (non-hydrogen) atoms. The molecule has 0 aromatic rings. The van der Waals surface area contributed by atoms with Gasteiger partial charge in [0.2, 0.25) is 5.91 Å². The third-order valence-corrected chi connectivity index (χ3v) is 5.00. The molecule has 110 valence electrons. The fraction of sp³-hybridized carbons (Fsp3) is 0.929. The van der Waals surface area contributed by atoms with Crippen LogP contribution in [-0.4, -0.2) is 41.9 Å². The van der Waals surface area contributed by atoms with Crippen LogP contribution in [-0.2, 0) is 9.53 Å². The molecule has 4 N–H and O–H groups in total. The first kappa shape index (κ1) is 14.8. The van der Waals surface area contributed by atoms with Crippen LogP contribution in [0.2, 0.25) is 0 Å². The Labute approximate surface area is 114 Å². The molecule has 5 heteroatoms. The van der Waals surface area contributed by atoms with E-state index >= 15 is 0 Å². The first-order valence-corrected chi connectivity index (χ1v) is 7.18. The lowest BCUT2D eigenvalue weighted by atomic mass is 9.54. The summed E-state index contributed by atoms with van der Waals surface area (Å²) in [4.78, 5) is 12.3. The molecule has 0 radical (unpaired) electrons. The smallest absolute Gasteiger partial charge is 0.240 e. The lowest BCUT2D eigenvalue weighted by molar-refractivity contribution is -0.171. The quantitative estimate of drug-likeness (QED) is 0.675. The average molecular weight is 270 g/mol. The Kier molecular flexibility index (Phi) is 3.91. The summed E-state index contributed by atoms with van der Waals surface area (Å²) >= 11 is 0. The van der Waals surface area contributed by atoms with Crippen molar-refractivity contribution < 1.29 is 14.6 Å². The minimum atomic E-state index is -0.838. The van der Waals surface area contributed by atoms with Gasteiger partial charge in [0.1, 0.15) is 5.54 Å². The maximum absolute atomic E-state index is 12.3. The lowest BCUT2D eigenvalue weighted by Crippen LogP contribution is -2.76. The molecule has 2 aliphatic rings. The van der Waals surface area contributed by atoms with E-state index < -0.39 is 5.54 Å². The molecule has 2 saturated carbocycles. The second-order valence-electron chi connectivity index (χ2n) is 6.54. The molecule has 2 atom stereocenters. The van der Waals surface area contributed by atoms with Gasteiger partial charge in [-0.15, -0.1) is 0 Å². The van der Waals surface area contributed by atoms with Gasteiger partial charge < -0.3 is 20.9 Å². The van der Waals surface area contributed by atoms with Crippen LogP contribution in [0.5, 0.6) is 0 Å². The van der Waals surface area contributed by atoms with Crippen molar-refractivity contribution in [1.82, 2.24) is 5.32 Å². The number of rotatable bonds is 5. The van der Waals surface area contributed by atoms with E-state index in [4.69, 9.17) is 10.5 Å². The Balaban J connectivity index is 1.85. The van der Waals surface area contributed by atoms with Gasteiger partial charge in [-0.05, 0) is 25.7 Å². The van der Waals surface area contributed by atoms with Gasteiger partial charge in [-0.1, -0.05) is 13.8 Å². The summed E-state index contributed by atoms with van der Waals surface area (Å²) in [5.74, 6) is 0.309. The fourth-order valence-corrected chi connectivity index (χ4v) is 3.08. The van der Waals surface area contributed by atoms with Gasteiger partial charge in [0.25, 0.3) is 0 Å². The highest BCUT2D eigenvalue weighted by atomic mass is 16.5. The van der Waals surface area contributed by atoms with Crippen LogP contribution in [0.15, 0.2) is 0 Å². The van der Waals surface area contributed by atoms with Crippen molar-refractivity contribution in [3.05, 3.63) is 0 Å². The Morgan fingerprint density at radius 1 is 1.47 bits per heavy atom. The van der Waals surface area contributed by atoms with E-state index in [0.717, 1.165) is 12.8 Å². The van der Waals surface area contributed by atoms with E-state index in [-0.39, 0.29) is 23.5 Å². The zero-order chi connectivity index (χ0) is 14.3. The molecule has 0 aliphatic heterocycles. The molecular formula is C14H26N2O3. The molecule has 2 aliphatic carbocycles. The minimum Gasteiger partial charge on any atom is -0.393 e. The van der Waals surface area contributed by atoms with Gasteiger partial charge in [0, 0.05) is 25.0 Å². The lowest BCUT2D eigenvalue weighted by Gasteiger charge is -2.57. The highest BCUT2D eigenvalue weighted by Crippen LogP contribution is 2.49. The van der Waals surface area contributed by atoms with Gasteiger partial charge in [-0.2, -0.15) is 0 Å². The van der Waals surface area contributed by atoms with Crippen molar-refractivity contribution in [2.24, 2.45) is 17.1 Å². The summed E-state index contributed by atoms with van der Waals surface area (Å²) in [6.07, 6.45) is 2.01. The summed E-state index contributed by atoms with van der Waals surface area (Å²) in [6, 6.07) is 0. The third kappa shape index (κ3) is 2.39. The predicted molar refractivity (Wildman–Crippen MR) is 72.5 cm³/mol. The number of carbonyl (C=O) groups excluding carboxylic acids is 1. The number of ether oxygens (including phenoxy) is 1. The first-order valence-electron chi connectivity index (χ1n) is 7.18. The van der Waals surface area contributed by atoms with Gasteiger partial charge in [-0.3, -0.25) is 4.79 Å². The summed E-state index contributed by atoms with van der Waals surface area (Å²) in [5, 5.41) is 12.2. The number of nitrogens with two attached hydrogens (primary N) is 1. The van der Waals surface area contributed by atoms with Crippen LogP contribution in [0, 0.1) is 11.3 Å². The highest BCUT2D eigenvalue weighted by Gasteiger charge is 2.62. The molecule has 1 amide bonds. The van der Waals surface area contributed by atoms with Gasteiger partial charge in [0.15, 0.2) is 0 Å². The number of amides is 1. The number of nitrogens with one attached hydrogen (secondary N) is 1. The zero-order valence-corrected chi connectivity index (χ0v) is 12.1. The predicted octanol–water partition coefficient (Wildman–Crippen LogP) is 0.406. The Morgan fingerprint density at radius 2 is 2.11 bits per heavy atom. The second kappa shape index (κ2) is 5.04. The van der Waals surface area contributed by atoms with Gasteiger partial charge in [-0.25, -0.2) is 0 Å². The number of hydrogen-bond acceptors (Lipinski definition) is 4. The molecule has 5 nitrogen and oxygen atoms in total. The van der Waals surface area contributed by atoms with E-state index in [9.17, 15) is 9.90 Å². The van der Waals surface area contributed by atoms with E-state index in [1.807, 2.05) is 20.8 Å². The maximum Gasteiger partial charge on any atom is 0.240 e. The molecule has 0 aromatic carbocycles. The molecule has 0 spiro atoms. The van der Waals surface area contributed by atoms with Gasteiger partial charge in [0.05, 0.1) is 12.2 Å². The summed E-state index contributed by atoms with van der Waals surface area (Å²) < 4.78 is 5.62. The molecule has 0 bridgehead atoms. The Bertz CT molecular complexity index is 353. The minimum absolute atomic E-state index is 0.0544. The SMILES string of the molecule is CCOC1CC(N)(C(=O)NCC2CC(O)C2)C1(C)C. The molecule has 0 aromatic heterocycles. The van der Waals surface area contributed by atoms with Crippen LogP contribution >= 0.6 is 0 Å². The van der Waals surface area contributed by atoms with E-state index in [1.165, 1.54) is 0 Å².